The molecule has 12 heteroatoms. The first-order valence-electron chi connectivity index (χ1n) is 13.6. The molecular formula is C30H37N4O6S2+. The Kier molecular flexibility index (Phi) is 9.02. The van der Waals surface area contributed by atoms with Crippen LogP contribution in [0.2, 0.25) is 0 Å². The quantitative estimate of drug-likeness (QED) is 0.215. The third-order valence-corrected chi connectivity index (χ3v) is 9.01. The molecule has 0 saturated heterocycles. The van der Waals surface area contributed by atoms with Crippen LogP contribution < -0.4 is 4.90 Å². The zero-order valence-corrected chi connectivity index (χ0v) is 25.8. The summed E-state index contributed by atoms with van der Waals surface area (Å²) in [5.74, 6) is -0.716. The molecule has 0 saturated carbocycles. The standard InChI is InChI=1S/C30H36N4O6S2/c1-29(2)25(33(19-12-21-41(35,36)37)23-13-10-17-31-27(23)29)15-8-6-5-7-9-16-26-30(3,4)28-24(14-11-18-32-28)34(26)20-22-42(38,39)40/h5-11,13-18H,12,19-22H2,1-4H3,(H-,35,36,37,38,39,40)/p+1. The van der Waals surface area contributed by atoms with Crippen molar-refractivity contribution in [1.82, 2.24) is 9.97 Å². The van der Waals surface area contributed by atoms with Crippen molar-refractivity contribution in [2.75, 3.05) is 29.5 Å². The summed E-state index contributed by atoms with van der Waals surface area (Å²) in [4.78, 5) is 11.0. The third kappa shape index (κ3) is 6.95. The van der Waals surface area contributed by atoms with Gasteiger partial charge in [0, 0.05) is 48.6 Å². The van der Waals surface area contributed by atoms with Crippen LogP contribution >= 0.6 is 0 Å². The molecule has 2 aliphatic rings. The molecule has 0 aliphatic carbocycles. The van der Waals surface area contributed by atoms with Gasteiger partial charge in [-0.2, -0.15) is 21.4 Å². The second-order valence-corrected chi connectivity index (χ2v) is 14.4. The zero-order chi connectivity index (χ0) is 30.8. The van der Waals surface area contributed by atoms with Crippen LogP contribution in [0, 0.1) is 0 Å². The molecule has 2 N–H and O–H groups in total. The SMILES string of the molecule is CC1(C)C(/C=C/C=C/C=C/C=C2/N(CCS(=O)(=O)O)c3cccnc3C2(C)C)=[N+](CCCS(=O)(=O)O)c2cccnc21. The average molecular weight is 614 g/mol. The van der Waals surface area contributed by atoms with E-state index in [0.29, 0.717) is 6.54 Å². The Hall–Kier alpha value is -3.45. The fourth-order valence-electron chi connectivity index (χ4n) is 5.55. The van der Waals surface area contributed by atoms with E-state index in [1.165, 1.54) is 0 Å². The molecule has 42 heavy (non-hydrogen) atoms. The molecule has 0 amide bonds. The number of nitrogens with zero attached hydrogens (tertiary/aromatic N) is 4. The van der Waals surface area contributed by atoms with Crippen molar-refractivity contribution in [3.63, 3.8) is 0 Å². The number of rotatable bonds is 11. The van der Waals surface area contributed by atoms with Gasteiger partial charge in [-0.3, -0.25) is 19.1 Å². The maximum Gasteiger partial charge on any atom is 0.266 e. The number of pyridine rings is 2. The van der Waals surface area contributed by atoms with Gasteiger partial charge in [0.25, 0.3) is 20.2 Å². The monoisotopic (exact) mass is 613 g/mol. The highest BCUT2D eigenvalue weighted by Gasteiger charge is 2.45. The molecule has 2 aliphatic heterocycles. The van der Waals surface area contributed by atoms with Crippen molar-refractivity contribution in [3.05, 3.63) is 96.3 Å². The second-order valence-electron chi connectivity index (χ2n) is 11.3. The number of allylic oxidation sites excluding steroid dienone is 8. The average Bonchev–Trinajstić information content (AvgIpc) is 3.25. The van der Waals surface area contributed by atoms with Gasteiger partial charge in [0.15, 0.2) is 5.71 Å². The number of hydrogen-bond donors (Lipinski definition) is 2. The van der Waals surface area contributed by atoms with Crippen molar-refractivity contribution in [1.29, 1.82) is 0 Å². The van der Waals surface area contributed by atoms with Gasteiger partial charge >= 0.3 is 0 Å². The lowest BCUT2D eigenvalue weighted by Gasteiger charge is -2.26. The van der Waals surface area contributed by atoms with E-state index >= 15 is 0 Å². The van der Waals surface area contributed by atoms with Crippen LogP contribution in [0.5, 0.6) is 0 Å². The molecule has 0 fully saturated rings. The minimum atomic E-state index is -4.13. The smallest absolute Gasteiger partial charge is 0.266 e. The van der Waals surface area contributed by atoms with Crippen LogP contribution in [-0.2, 0) is 31.1 Å². The predicted molar refractivity (Wildman–Crippen MR) is 165 cm³/mol. The Morgan fingerprint density at radius 2 is 1.45 bits per heavy atom. The van der Waals surface area contributed by atoms with Gasteiger partial charge in [-0.05, 0) is 52.0 Å². The number of anilines is 1. The van der Waals surface area contributed by atoms with Gasteiger partial charge in [0.2, 0.25) is 5.69 Å². The fourth-order valence-corrected chi connectivity index (χ4v) is 6.45. The first-order chi connectivity index (χ1) is 19.6. The van der Waals surface area contributed by atoms with Gasteiger partial charge in [-0.1, -0.05) is 30.4 Å². The number of aromatic nitrogens is 2. The molecule has 4 heterocycles. The zero-order valence-electron chi connectivity index (χ0n) is 24.2. The lowest BCUT2D eigenvalue weighted by Crippen LogP contribution is -2.30. The molecule has 0 bridgehead atoms. The predicted octanol–water partition coefficient (Wildman–Crippen LogP) is 4.37. The van der Waals surface area contributed by atoms with Crippen molar-refractivity contribution < 1.29 is 30.5 Å². The van der Waals surface area contributed by atoms with Crippen LogP contribution in [0.1, 0.15) is 45.5 Å². The molecule has 0 aromatic carbocycles. The van der Waals surface area contributed by atoms with Gasteiger partial charge < -0.3 is 4.90 Å². The van der Waals surface area contributed by atoms with E-state index in [2.05, 4.69) is 23.8 Å². The molecular weight excluding hydrogens is 576 g/mol. The van der Waals surface area contributed by atoms with Crippen LogP contribution in [0.15, 0.2) is 84.9 Å². The molecule has 2 aromatic rings. The normalized spacial score (nSPS) is 19.1. The summed E-state index contributed by atoms with van der Waals surface area (Å²) in [7, 11) is -8.18. The van der Waals surface area contributed by atoms with E-state index < -0.39 is 36.8 Å². The highest BCUT2D eigenvalue weighted by atomic mass is 32.2. The molecule has 224 valence electrons. The molecule has 0 unspecified atom stereocenters. The topological polar surface area (TPSA) is 141 Å². The fraction of sp³-hybridized carbons (Fsp3) is 0.367. The summed E-state index contributed by atoms with van der Waals surface area (Å²) in [5, 5.41) is 0. The van der Waals surface area contributed by atoms with Crippen LogP contribution in [-0.4, -0.2) is 70.8 Å². The third-order valence-electron chi connectivity index (χ3n) is 7.51. The first kappa shape index (κ1) is 31.5. The Labute approximate surface area is 248 Å². The summed E-state index contributed by atoms with van der Waals surface area (Å²) in [5.41, 5.74) is 4.45. The summed E-state index contributed by atoms with van der Waals surface area (Å²) < 4.78 is 66.0. The Balaban J connectivity index is 1.54. The van der Waals surface area contributed by atoms with Gasteiger partial charge in [-0.25, -0.2) is 0 Å². The molecule has 4 rings (SSSR count). The van der Waals surface area contributed by atoms with E-state index in [-0.39, 0.29) is 18.7 Å². The van der Waals surface area contributed by atoms with E-state index in [1.807, 2.05) is 84.1 Å². The molecule has 10 nitrogen and oxygen atoms in total. The van der Waals surface area contributed by atoms with Crippen LogP contribution in [0.4, 0.5) is 11.4 Å². The highest BCUT2D eigenvalue weighted by molar-refractivity contribution is 7.86. The van der Waals surface area contributed by atoms with Crippen LogP contribution in [0.3, 0.4) is 0 Å². The summed E-state index contributed by atoms with van der Waals surface area (Å²) in [6.07, 6.45) is 17.1. The lowest BCUT2D eigenvalue weighted by molar-refractivity contribution is -0.437. The summed E-state index contributed by atoms with van der Waals surface area (Å²) >= 11 is 0. The molecule has 0 spiro atoms. The largest absolute Gasteiger partial charge is 0.342 e. The van der Waals surface area contributed by atoms with E-state index in [0.717, 1.165) is 34.2 Å². The number of fused-ring (bicyclic) bond motifs is 2. The Morgan fingerprint density at radius 1 is 0.833 bits per heavy atom. The van der Waals surface area contributed by atoms with Gasteiger partial charge in [0.1, 0.15) is 12.2 Å². The van der Waals surface area contributed by atoms with E-state index in [1.54, 1.807) is 18.5 Å². The minimum absolute atomic E-state index is 0.103. The Bertz CT molecular complexity index is 1720. The molecule has 2 aromatic heterocycles. The van der Waals surface area contributed by atoms with Crippen molar-refractivity contribution >= 4 is 37.3 Å². The molecule has 0 radical (unpaired) electrons. The van der Waals surface area contributed by atoms with Crippen molar-refractivity contribution in [2.24, 2.45) is 0 Å². The number of hydrogen-bond acceptors (Lipinski definition) is 7. The van der Waals surface area contributed by atoms with E-state index in [4.69, 9.17) is 0 Å². The second kappa shape index (κ2) is 12.0. The summed E-state index contributed by atoms with van der Waals surface area (Å²) in [6, 6.07) is 7.51. The lowest BCUT2D eigenvalue weighted by atomic mass is 9.85. The maximum absolute atomic E-state index is 11.5. The maximum atomic E-state index is 11.5. The molecule has 0 atom stereocenters. The van der Waals surface area contributed by atoms with Crippen LogP contribution in [0.25, 0.3) is 0 Å². The van der Waals surface area contributed by atoms with Crippen molar-refractivity contribution in [2.45, 2.75) is 44.9 Å². The Morgan fingerprint density at radius 3 is 2.14 bits per heavy atom. The summed E-state index contributed by atoms with van der Waals surface area (Å²) in [6.45, 7) is 8.72. The van der Waals surface area contributed by atoms with Gasteiger partial charge in [0.05, 0.1) is 28.3 Å². The van der Waals surface area contributed by atoms with Crippen molar-refractivity contribution in [3.8, 4) is 0 Å². The minimum Gasteiger partial charge on any atom is -0.342 e. The first-order valence-corrected chi connectivity index (χ1v) is 16.8. The van der Waals surface area contributed by atoms with Gasteiger partial charge in [-0.15, -0.1) is 0 Å². The van der Waals surface area contributed by atoms with E-state index in [9.17, 15) is 25.9 Å². The highest BCUT2D eigenvalue weighted by Crippen LogP contribution is 2.46.